The fraction of sp³-hybridized carbons (Fsp3) is 0.846. The summed E-state index contributed by atoms with van der Waals surface area (Å²) in [5, 5.41) is 12.3. The van der Waals surface area contributed by atoms with Gasteiger partial charge in [0.2, 0.25) is 5.91 Å². The quantitative estimate of drug-likeness (QED) is 0.778. The number of carboxylic acid groups (broad SMARTS) is 1. The maximum Gasteiger partial charge on any atom is 0.329 e. The number of hydrogen-bond donors (Lipinski definition) is 2. The van der Waals surface area contributed by atoms with Crippen LogP contribution in [0.3, 0.4) is 0 Å². The van der Waals surface area contributed by atoms with E-state index in [9.17, 15) is 14.7 Å². The first-order valence-electron chi connectivity index (χ1n) is 6.22. The third-order valence-corrected chi connectivity index (χ3v) is 3.73. The first-order valence-corrected chi connectivity index (χ1v) is 6.22. The zero-order valence-electron chi connectivity index (χ0n) is 11.2. The lowest BCUT2D eigenvalue weighted by Crippen LogP contribution is -2.63. The molecule has 0 aliphatic heterocycles. The second kappa shape index (κ2) is 4.67. The van der Waals surface area contributed by atoms with Crippen LogP contribution in [-0.4, -0.2) is 22.5 Å². The highest BCUT2D eigenvalue weighted by atomic mass is 16.4. The number of hydrogen-bond acceptors (Lipinski definition) is 2. The SMILES string of the molecule is CC(=O)NC1(C(=O)O)CCCCC1C(C)(C)C. The predicted molar refractivity (Wildman–Crippen MR) is 65.6 cm³/mol. The molecule has 1 fully saturated rings. The number of aliphatic carboxylic acids is 1. The largest absolute Gasteiger partial charge is 0.479 e. The highest BCUT2D eigenvalue weighted by Crippen LogP contribution is 2.44. The molecule has 1 saturated carbocycles. The molecule has 1 rings (SSSR count). The van der Waals surface area contributed by atoms with E-state index >= 15 is 0 Å². The summed E-state index contributed by atoms with van der Waals surface area (Å²) in [7, 11) is 0. The van der Waals surface area contributed by atoms with E-state index in [0.717, 1.165) is 19.3 Å². The molecule has 4 heteroatoms. The first-order chi connectivity index (χ1) is 7.70. The van der Waals surface area contributed by atoms with Crippen molar-refractivity contribution in [3.8, 4) is 0 Å². The summed E-state index contributed by atoms with van der Waals surface area (Å²) < 4.78 is 0. The van der Waals surface area contributed by atoms with Gasteiger partial charge in [0.15, 0.2) is 0 Å². The fourth-order valence-electron chi connectivity index (χ4n) is 3.12. The summed E-state index contributed by atoms with van der Waals surface area (Å²) in [6.07, 6.45) is 3.29. The third-order valence-electron chi connectivity index (χ3n) is 3.73. The molecule has 1 aliphatic carbocycles. The first kappa shape index (κ1) is 14.0. The zero-order valence-corrected chi connectivity index (χ0v) is 11.2. The molecule has 1 aliphatic rings. The van der Waals surface area contributed by atoms with Gasteiger partial charge in [-0.15, -0.1) is 0 Å². The van der Waals surface area contributed by atoms with E-state index in [2.05, 4.69) is 5.32 Å². The fourth-order valence-corrected chi connectivity index (χ4v) is 3.12. The Morgan fingerprint density at radius 2 is 1.88 bits per heavy atom. The molecule has 0 spiro atoms. The van der Waals surface area contributed by atoms with Gasteiger partial charge < -0.3 is 10.4 Å². The lowest BCUT2D eigenvalue weighted by Gasteiger charge is -2.47. The molecular weight excluding hydrogens is 218 g/mol. The van der Waals surface area contributed by atoms with Crippen LogP contribution in [0.4, 0.5) is 0 Å². The molecule has 0 bridgehead atoms. The van der Waals surface area contributed by atoms with Crippen molar-refractivity contribution in [3.05, 3.63) is 0 Å². The van der Waals surface area contributed by atoms with Crippen LogP contribution in [0.2, 0.25) is 0 Å². The van der Waals surface area contributed by atoms with Gasteiger partial charge in [0.05, 0.1) is 0 Å². The minimum Gasteiger partial charge on any atom is -0.479 e. The van der Waals surface area contributed by atoms with Crippen LogP contribution in [0.25, 0.3) is 0 Å². The van der Waals surface area contributed by atoms with Gasteiger partial charge in [0.25, 0.3) is 0 Å². The molecule has 4 nitrogen and oxygen atoms in total. The average molecular weight is 241 g/mol. The van der Waals surface area contributed by atoms with E-state index in [1.807, 2.05) is 20.8 Å². The average Bonchev–Trinajstić information content (AvgIpc) is 2.15. The van der Waals surface area contributed by atoms with Crippen molar-refractivity contribution in [3.63, 3.8) is 0 Å². The van der Waals surface area contributed by atoms with Gasteiger partial charge in [0, 0.05) is 6.92 Å². The smallest absolute Gasteiger partial charge is 0.329 e. The summed E-state index contributed by atoms with van der Waals surface area (Å²) in [6, 6.07) is 0. The normalized spacial score (nSPS) is 29.8. The van der Waals surface area contributed by atoms with E-state index in [4.69, 9.17) is 0 Å². The van der Waals surface area contributed by atoms with E-state index in [1.54, 1.807) is 0 Å². The Bertz CT molecular complexity index is 319. The Labute approximate surface area is 103 Å². The van der Waals surface area contributed by atoms with Crippen LogP contribution in [-0.2, 0) is 9.59 Å². The van der Waals surface area contributed by atoms with Crippen LogP contribution in [0.1, 0.15) is 53.4 Å². The summed E-state index contributed by atoms with van der Waals surface area (Å²) in [6.45, 7) is 7.52. The van der Waals surface area contributed by atoms with Crippen molar-refractivity contribution >= 4 is 11.9 Å². The summed E-state index contributed by atoms with van der Waals surface area (Å²) >= 11 is 0. The molecule has 0 aromatic heterocycles. The van der Waals surface area contributed by atoms with Crippen LogP contribution >= 0.6 is 0 Å². The van der Waals surface area contributed by atoms with Gasteiger partial charge in [0.1, 0.15) is 5.54 Å². The van der Waals surface area contributed by atoms with Gasteiger partial charge in [-0.25, -0.2) is 4.79 Å². The maximum absolute atomic E-state index is 11.7. The zero-order chi connectivity index (χ0) is 13.3. The van der Waals surface area contributed by atoms with Crippen molar-refractivity contribution in [2.45, 2.75) is 58.9 Å². The maximum atomic E-state index is 11.7. The van der Waals surface area contributed by atoms with E-state index < -0.39 is 11.5 Å². The lowest BCUT2D eigenvalue weighted by atomic mass is 9.62. The number of nitrogens with one attached hydrogen (secondary N) is 1. The van der Waals surface area contributed by atoms with Crippen molar-refractivity contribution in [1.82, 2.24) is 5.32 Å². The standard InChI is InChI=1S/C13H23NO3/c1-9(15)14-13(11(16)17)8-6-5-7-10(13)12(2,3)4/h10H,5-8H2,1-4H3,(H,14,15)(H,16,17). The van der Waals surface area contributed by atoms with Crippen LogP contribution in [0.5, 0.6) is 0 Å². The van der Waals surface area contributed by atoms with E-state index in [0.29, 0.717) is 6.42 Å². The molecule has 0 saturated heterocycles. The van der Waals surface area contributed by atoms with Crippen LogP contribution in [0.15, 0.2) is 0 Å². The number of rotatable bonds is 2. The molecular formula is C13H23NO3. The number of carbonyl (C=O) groups is 2. The minimum absolute atomic E-state index is 0.0230. The number of amides is 1. The second-order valence-electron chi connectivity index (χ2n) is 6.12. The monoisotopic (exact) mass is 241 g/mol. The molecule has 0 aromatic carbocycles. The Hall–Kier alpha value is -1.06. The van der Waals surface area contributed by atoms with Crippen molar-refractivity contribution in [1.29, 1.82) is 0 Å². The van der Waals surface area contributed by atoms with Crippen molar-refractivity contribution < 1.29 is 14.7 Å². The predicted octanol–water partition coefficient (Wildman–Crippen LogP) is 2.18. The highest BCUT2D eigenvalue weighted by molar-refractivity contribution is 5.86. The minimum atomic E-state index is -1.08. The molecule has 98 valence electrons. The van der Waals surface area contributed by atoms with Gasteiger partial charge >= 0.3 is 5.97 Å². The molecule has 0 radical (unpaired) electrons. The molecule has 17 heavy (non-hydrogen) atoms. The van der Waals surface area contributed by atoms with Gasteiger partial charge in [-0.1, -0.05) is 33.6 Å². The summed E-state index contributed by atoms with van der Waals surface area (Å²) in [5.74, 6) is -1.18. The molecule has 2 N–H and O–H groups in total. The lowest BCUT2D eigenvalue weighted by molar-refractivity contribution is -0.155. The van der Waals surface area contributed by atoms with Crippen molar-refractivity contribution in [2.75, 3.05) is 0 Å². The molecule has 0 aromatic rings. The Kier molecular flexibility index (Phi) is 3.84. The Balaban J connectivity index is 3.13. The summed E-state index contributed by atoms with van der Waals surface area (Å²) in [5.41, 5.74) is -1.20. The van der Waals surface area contributed by atoms with E-state index in [-0.39, 0.29) is 17.2 Å². The van der Waals surface area contributed by atoms with Gasteiger partial charge in [-0.05, 0) is 24.2 Å². The Morgan fingerprint density at radius 1 is 1.29 bits per heavy atom. The molecule has 2 atom stereocenters. The second-order valence-corrected chi connectivity index (χ2v) is 6.12. The summed E-state index contributed by atoms with van der Waals surface area (Å²) in [4.78, 5) is 23.0. The molecule has 2 unspecified atom stereocenters. The van der Waals surface area contributed by atoms with Gasteiger partial charge in [-0.2, -0.15) is 0 Å². The topological polar surface area (TPSA) is 66.4 Å². The van der Waals surface area contributed by atoms with E-state index in [1.165, 1.54) is 6.92 Å². The number of carbonyl (C=O) groups excluding carboxylic acids is 1. The van der Waals surface area contributed by atoms with Crippen LogP contribution in [0, 0.1) is 11.3 Å². The third kappa shape index (κ3) is 2.79. The Morgan fingerprint density at radius 3 is 2.29 bits per heavy atom. The highest BCUT2D eigenvalue weighted by Gasteiger charge is 2.52. The van der Waals surface area contributed by atoms with Crippen molar-refractivity contribution in [2.24, 2.45) is 11.3 Å². The molecule has 1 amide bonds. The van der Waals surface area contributed by atoms with Crippen LogP contribution < -0.4 is 5.32 Å². The number of carboxylic acids is 1. The van der Waals surface area contributed by atoms with Gasteiger partial charge in [-0.3, -0.25) is 4.79 Å². The molecule has 0 heterocycles.